The van der Waals surface area contributed by atoms with Gasteiger partial charge >= 0.3 is 5.97 Å². The Kier molecular flexibility index (Phi) is 4.04. The molecule has 5 heteroatoms. The highest BCUT2D eigenvalue weighted by atomic mass is 16.4. The lowest BCUT2D eigenvalue weighted by Crippen LogP contribution is -2.30. The summed E-state index contributed by atoms with van der Waals surface area (Å²) in [6.07, 6.45) is 1.86. The summed E-state index contributed by atoms with van der Waals surface area (Å²) in [6.45, 7) is 1.80. The van der Waals surface area contributed by atoms with Crippen molar-refractivity contribution in [3.05, 3.63) is 29.3 Å². The number of carbonyl (C=O) groups is 2. The van der Waals surface area contributed by atoms with Crippen molar-refractivity contribution in [3.8, 4) is 6.07 Å². The second-order valence-corrected chi connectivity index (χ2v) is 5.08. The molecular weight excluding hydrogens is 256 g/mol. The summed E-state index contributed by atoms with van der Waals surface area (Å²) >= 11 is 0. The van der Waals surface area contributed by atoms with Gasteiger partial charge in [0.2, 0.25) is 5.91 Å². The van der Waals surface area contributed by atoms with Crippen molar-refractivity contribution >= 4 is 17.6 Å². The first kappa shape index (κ1) is 14.1. The molecule has 1 aromatic carbocycles. The fourth-order valence-electron chi connectivity index (χ4n) is 2.72. The first-order valence-corrected chi connectivity index (χ1v) is 6.58. The fourth-order valence-corrected chi connectivity index (χ4v) is 2.72. The van der Waals surface area contributed by atoms with Gasteiger partial charge in [-0.1, -0.05) is 18.6 Å². The van der Waals surface area contributed by atoms with E-state index in [9.17, 15) is 9.59 Å². The molecule has 1 fully saturated rings. The molecule has 2 rings (SSSR count). The minimum Gasteiger partial charge on any atom is -0.481 e. The van der Waals surface area contributed by atoms with E-state index in [1.165, 1.54) is 0 Å². The number of hydrogen-bond acceptors (Lipinski definition) is 3. The zero-order valence-electron chi connectivity index (χ0n) is 11.2. The Labute approximate surface area is 117 Å². The molecule has 0 saturated heterocycles. The molecule has 1 amide bonds. The molecule has 2 atom stereocenters. The zero-order chi connectivity index (χ0) is 14.7. The number of aliphatic carboxylic acids is 1. The normalized spacial score (nSPS) is 21.2. The molecule has 104 valence electrons. The number of carboxylic acids is 1. The first-order valence-electron chi connectivity index (χ1n) is 6.58. The highest BCUT2D eigenvalue weighted by molar-refractivity contribution is 5.96. The molecule has 0 aromatic heterocycles. The highest BCUT2D eigenvalue weighted by Gasteiger charge is 2.37. The van der Waals surface area contributed by atoms with Crippen LogP contribution in [0.3, 0.4) is 0 Å². The summed E-state index contributed by atoms with van der Waals surface area (Å²) < 4.78 is 0. The highest BCUT2D eigenvalue weighted by Crippen LogP contribution is 2.33. The van der Waals surface area contributed by atoms with E-state index >= 15 is 0 Å². The van der Waals surface area contributed by atoms with Crippen molar-refractivity contribution in [1.82, 2.24) is 0 Å². The molecule has 1 aliphatic rings. The van der Waals surface area contributed by atoms with Gasteiger partial charge in [0.1, 0.15) is 6.07 Å². The van der Waals surface area contributed by atoms with Crippen LogP contribution >= 0.6 is 0 Å². The van der Waals surface area contributed by atoms with Gasteiger partial charge in [-0.2, -0.15) is 5.26 Å². The number of anilines is 1. The van der Waals surface area contributed by atoms with Crippen LogP contribution in [0.4, 0.5) is 5.69 Å². The SMILES string of the molecule is Cc1cccc(NC(=O)C2CCCC2C(=O)O)c1C#N. The van der Waals surface area contributed by atoms with Crippen molar-refractivity contribution in [2.24, 2.45) is 11.8 Å². The number of benzene rings is 1. The molecule has 0 bridgehead atoms. The van der Waals surface area contributed by atoms with E-state index in [0.29, 0.717) is 24.1 Å². The number of amides is 1. The lowest BCUT2D eigenvalue weighted by Gasteiger charge is -2.16. The molecule has 0 radical (unpaired) electrons. The van der Waals surface area contributed by atoms with Gasteiger partial charge in [-0.05, 0) is 31.4 Å². The lowest BCUT2D eigenvalue weighted by atomic mass is 9.95. The van der Waals surface area contributed by atoms with Crippen LogP contribution in [-0.4, -0.2) is 17.0 Å². The van der Waals surface area contributed by atoms with Crippen LogP contribution in [-0.2, 0) is 9.59 Å². The van der Waals surface area contributed by atoms with E-state index in [4.69, 9.17) is 10.4 Å². The standard InChI is InChI=1S/C15H16N2O3/c1-9-4-2-7-13(12(9)8-16)17-14(18)10-5-3-6-11(10)15(19)20/h2,4,7,10-11H,3,5-6H2,1H3,(H,17,18)(H,19,20). The van der Waals surface area contributed by atoms with Gasteiger partial charge in [0.15, 0.2) is 0 Å². The Morgan fingerprint density at radius 2 is 2.05 bits per heavy atom. The Morgan fingerprint density at radius 1 is 1.35 bits per heavy atom. The number of nitriles is 1. The fraction of sp³-hybridized carbons (Fsp3) is 0.400. The van der Waals surface area contributed by atoms with Crippen molar-refractivity contribution in [2.45, 2.75) is 26.2 Å². The maximum atomic E-state index is 12.2. The van der Waals surface area contributed by atoms with Crippen LogP contribution in [0, 0.1) is 30.1 Å². The molecule has 1 aromatic rings. The molecular formula is C15H16N2O3. The Balaban J connectivity index is 2.19. The van der Waals surface area contributed by atoms with Crippen LogP contribution in [0.1, 0.15) is 30.4 Å². The summed E-state index contributed by atoms with van der Waals surface area (Å²) in [5, 5.41) is 20.9. The number of hydrogen-bond donors (Lipinski definition) is 2. The van der Waals surface area contributed by atoms with Crippen LogP contribution < -0.4 is 5.32 Å². The molecule has 5 nitrogen and oxygen atoms in total. The van der Waals surface area contributed by atoms with Crippen LogP contribution in [0.25, 0.3) is 0 Å². The van der Waals surface area contributed by atoms with Gasteiger partial charge in [-0.3, -0.25) is 9.59 Å². The molecule has 0 aliphatic heterocycles. The van der Waals surface area contributed by atoms with Crippen molar-refractivity contribution in [1.29, 1.82) is 5.26 Å². The van der Waals surface area contributed by atoms with Crippen molar-refractivity contribution in [3.63, 3.8) is 0 Å². The van der Waals surface area contributed by atoms with Crippen molar-refractivity contribution in [2.75, 3.05) is 5.32 Å². The topological polar surface area (TPSA) is 90.2 Å². The van der Waals surface area contributed by atoms with E-state index in [-0.39, 0.29) is 5.91 Å². The molecule has 2 unspecified atom stereocenters. The predicted molar refractivity (Wildman–Crippen MR) is 73.0 cm³/mol. The molecule has 2 N–H and O–H groups in total. The smallest absolute Gasteiger partial charge is 0.307 e. The Bertz CT molecular complexity index is 589. The second kappa shape index (κ2) is 5.74. The van der Waals surface area contributed by atoms with Crippen molar-refractivity contribution < 1.29 is 14.7 Å². The minimum absolute atomic E-state index is 0.308. The monoisotopic (exact) mass is 272 g/mol. The van der Waals surface area contributed by atoms with E-state index in [0.717, 1.165) is 12.0 Å². The maximum absolute atomic E-state index is 12.2. The average molecular weight is 272 g/mol. The number of nitrogens with zero attached hydrogens (tertiary/aromatic N) is 1. The summed E-state index contributed by atoms with van der Waals surface area (Å²) in [6, 6.07) is 7.28. The Hall–Kier alpha value is -2.35. The zero-order valence-corrected chi connectivity index (χ0v) is 11.2. The minimum atomic E-state index is -0.924. The first-order chi connectivity index (χ1) is 9.54. The quantitative estimate of drug-likeness (QED) is 0.883. The summed E-state index contributed by atoms with van der Waals surface area (Å²) in [5.41, 5.74) is 1.66. The van der Waals surface area contributed by atoms with Gasteiger partial charge in [-0.15, -0.1) is 0 Å². The van der Waals surface area contributed by atoms with Gasteiger partial charge in [0.05, 0.1) is 23.1 Å². The van der Waals surface area contributed by atoms with Gasteiger partial charge in [0.25, 0.3) is 0 Å². The van der Waals surface area contributed by atoms with E-state index < -0.39 is 17.8 Å². The van der Waals surface area contributed by atoms with Crippen LogP contribution in [0.2, 0.25) is 0 Å². The lowest BCUT2D eigenvalue weighted by molar-refractivity contribution is -0.145. The molecule has 0 heterocycles. The second-order valence-electron chi connectivity index (χ2n) is 5.08. The van der Waals surface area contributed by atoms with Gasteiger partial charge < -0.3 is 10.4 Å². The average Bonchev–Trinajstić information content (AvgIpc) is 2.88. The van der Waals surface area contributed by atoms with Crippen LogP contribution in [0.5, 0.6) is 0 Å². The third kappa shape index (κ3) is 2.64. The molecule has 1 aliphatic carbocycles. The summed E-state index contributed by atoms with van der Waals surface area (Å²) in [5.74, 6) is -2.37. The van der Waals surface area contributed by atoms with E-state index in [1.807, 2.05) is 0 Å². The predicted octanol–water partition coefficient (Wildman–Crippen LogP) is 2.31. The number of aryl methyl sites for hydroxylation is 1. The Morgan fingerprint density at radius 3 is 2.70 bits per heavy atom. The van der Waals surface area contributed by atoms with Gasteiger partial charge in [-0.25, -0.2) is 0 Å². The number of nitrogens with one attached hydrogen (secondary N) is 1. The molecule has 20 heavy (non-hydrogen) atoms. The third-order valence-electron chi connectivity index (χ3n) is 3.81. The van der Waals surface area contributed by atoms with Gasteiger partial charge in [0, 0.05) is 0 Å². The molecule has 1 saturated carbocycles. The van der Waals surface area contributed by atoms with Crippen LogP contribution in [0.15, 0.2) is 18.2 Å². The third-order valence-corrected chi connectivity index (χ3v) is 3.81. The van der Waals surface area contributed by atoms with E-state index in [1.54, 1.807) is 25.1 Å². The number of carboxylic acid groups (broad SMARTS) is 1. The largest absolute Gasteiger partial charge is 0.481 e. The number of rotatable bonds is 3. The van der Waals surface area contributed by atoms with E-state index in [2.05, 4.69) is 11.4 Å². The number of carbonyl (C=O) groups excluding carboxylic acids is 1. The summed E-state index contributed by atoms with van der Waals surface area (Å²) in [4.78, 5) is 23.3. The maximum Gasteiger partial charge on any atom is 0.307 e. The summed E-state index contributed by atoms with van der Waals surface area (Å²) in [7, 11) is 0. The molecule has 0 spiro atoms.